The number of carbonyl (C=O) groups excluding carboxylic acids is 1. The van der Waals surface area contributed by atoms with Crippen LogP contribution in [0.2, 0.25) is 5.02 Å². The molecular weight excluding hydrogens is 257 g/mol. The van der Waals surface area contributed by atoms with E-state index in [2.05, 4.69) is 10.4 Å². The summed E-state index contributed by atoms with van der Waals surface area (Å²) < 4.78 is 14.3. The molecule has 94 valence electrons. The van der Waals surface area contributed by atoms with Crippen molar-refractivity contribution in [3.63, 3.8) is 0 Å². The maximum absolute atomic E-state index is 12.9. The van der Waals surface area contributed by atoms with Gasteiger partial charge in [-0.3, -0.25) is 9.48 Å². The van der Waals surface area contributed by atoms with E-state index in [0.29, 0.717) is 11.3 Å². The summed E-state index contributed by atoms with van der Waals surface area (Å²) in [6, 6.07) is 4.14. The number of aryl methyl sites for hydroxylation is 2. The van der Waals surface area contributed by atoms with E-state index in [0.717, 1.165) is 0 Å². The molecule has 2 aromatic rings. The van der Waals surface area contributed by atoms with E-state index in [9.17, 15) is 9.18 Å². The van der Waals surface area contributed by atoms with Crippen molar-refractivity contribution in [3.8, 4) is 0 Å². The molecule has 4 nitrogen and oxygen atoms in total. The molecule has 0 aliphatic heterocycles. The molecule has 0 radical (unpaired) electrons. The van der Waals surface area contributed by atoms with E-state index in [1.165, 1.54) is 29.1 Å². The van der Waals surface area contributed by atoms with Crippen molar-refractivity contribution in [2.45, 2.75) is 6.92 Å². The van der Waals surface area contributed by atoms with E-state index in [-0.39, 0.29) is 22.4 Å². The molecule has 0 aliphatic carbocycles. The number of amides is 1. The predicted molar refractivity (Wildman–Crippen MR) is 67.3 cm³/mol. The minimum Gasteiger partial charge on any atom is -0.320 e. The zero-order chi connectivity index (χ0) is 13.3. The Hall–Kier alpha value is -1.88. The fraction of sp³-hybridized carbons (Fsp3) is 0.167. The topological polar surface area (TPSA) is 46.9 Å². The van der Waals surface area contributed by atoms with E-state index >= 15 is 0 Å². The van der Waals surface area contributed by atoms with Crippen LogP contribution in [-0.4, -0.2) is 15.7 Å². The molecule has 0 unspecified atom stereocenters. The van der Waals surface area contributed by atoms with Crippen LogP contribution in [0.1, 0.15) is 16.1 Å². The Labute approximate surface area is 108 Å². The Kier molecular flexibility index (Phi) is 3.34. The van der Waals surface area contributed by atoms with Gasteiger partial charge in [0.15, 0.2) is 0 Å². The highest BCUT2D eigenvalue weighted by Gasteiger charge is 2.16. The SMILES string of the molecule is Cc1cc(F)ccc1NC(=O)c1c(Cl)cnn1C. The van der Waals surface area contributed by atoms with E-state index in [4.69, 9.17) is 11.6 Å². The average molecular weight is 268 g/mol. The van der Waals surface area contributed by atoms with Gasteiger partial charge in [0.1, 0.15) is 11.5 Å². The highest BCUT2D eigenvalue weighted by molar-refractivity contribution is 6.34. The lowest BCUT2D eigenvalue weighted by Crippen LogP contribution is -2.17. The Morgan fingerprint density at radius 3 is 2.78 bits per heavy atom. The zero-order valence-electron chi connectivity index (χ0n) is 9.87. The number of benzene rings is 1. The zero-order valence-corrected chi connectivity index (χ0v) is 10.6. The fourth-order valence-corrected chi connectivity index (χ4v) is 1.87. The van der Waals surface area contributed by atoms with E-state index < -0.39 is 0 Å². The first-order chi connectivity index (χ1) is 8.49. The van der Waals surface area contributed by atoms with Gasteiger partial charge in [0.2, 0.25) is 0 Å². The largest absolute Gasteiger partial charge is 0.320 e. The minimum atomic E-state index is -0.380. The van der Waals surface area contributed by atoms with Crippen molar-refractivity contribution >= 4 is 23.2 Å². The maximum Gasteiger partial charge on any atom is 0.275 e. The van der Waals surface area contributed by atoms with Crippen LogP contribution in [0.15, 0.2) is 24.4 Å². The van der Waals surface area contributed by atoms with Crippen LogP contribution in [0.25, 0.3) is 0 Å². The van der Waals surface area contributed by atoms with Gasteiger partial charge in [-0.15, -0.1) is 0 Å². The van der Waals surface area contributed by atoms with Crippen molar-refractivity contribution in [1.29, 1.82) is 0 Å². The first kappa shape index (κ1) is 12.6. The summed E-state index contributed by atoms with van der Waals surface area (Å²) in [7, 11) is 1.62. The van der Waals surface area contributed by atoms with Gasteiger partial charge < -0.3 is 5.32 Å². The van der Waals surface area contributed by atoms with Crippen LogP contribution >= 0.6 is 11.6 Å². The molecule has 0 saturated heterocycles. The predicted octanol–water partition coefficient (Wildman–Crippen LogP) is 2.77. The van der Waals surface area contributed by atoms with Crippen LogP contribution in [0.4, 0.5) is 10.1 Å². The standard InChI is InChI=1S/C12H11ClFN3O/c1-7-5-8(14)3-4-10(7)16-12(18)11-9(13)6-15-17(11)2/h3-6H,1-2H3,(H,16,18). The minimum absolute atomic E-state index is 0.264. The summed E-state index contributed by atoms with van der Waals surface area (Å²) in [5.41, 5.74) is 1.45. The number of anilines is 1. The molecule has 1 amide bonds. The quantitative estimate of drug-likeness (QED) is 0.909. The molecule has 0 spiro atoms. The van der Waals surface area contributed by atoms with Gasteiger partial charge in [0, 0.05) is 12.7 Å². The molecule has 0 saturated carbocycles. The Balaban J connectivity index is 2.27. The molecule has 2 rings (SSSR count). The summed E-state index contributed by atoms with van der Waals surface area (Å²) in [6.45, 7) is 1.71. The summed E-state index contributed by atoms with van der Waals surface area (Å²) in [5.74, 6) is -0.723. The van der Waals surface area contributed by atoms with E-state index in [1.807, 2.05) is 0 Å². The number of hydrogen-bond acceptors (Lipinski definition) is 2. The molecule has 1 aromatic heterocycles. The second-order valence-corrected chi connectivity index (χ2v) is 4.29. The third-order valence-electron chi connectivity index (χ3n) is 2.55. The summed E-state index contributed by atoms with van der Waals surface area (Å²) in [5, 5.41) is 6.82. The molecule has 1 aromatic carbocycles. The molecule has 0 atom stereocenters. The lowest BCUT2D eigenvalue weighted by atomic mass is 10.2. The molecular formula is C12H11ClFN3O. The molecule has 1 N–H and O–H groups in total. The van der Waals surface area contributed by atoms with Crippen molar-refractivity contribution < 1.29 is 9.18 Å². The second kappa shape index (κ2) is 4.78. The maximum atomic E-state index is 12.9. The molecule has 6 heteroatoms. The molecule has 18 heavy (non-hydrogen) atoms. The lowest BCUT2D eigenvalue weighted by Gasteiger charge is -2.08. The van der Waals surface area contributed by atoms with Crippen molar-refractivity contribution in [3.05, 3.63) is 46.5 Å². The van der Waals surface area contributed by atoms with Crippen molar-refractivity contribution in [2.75, 3.05) is 5.32 Å². The normalized spacial score (nSPS) is 10.4. The Morgan fingerprint density at radius 2 is 2.22 bits per heavy atom. The van der Waals surface area contributed by atoms with Gasteiger partial charge >= 0.3 is 0 Å². The monoisotopic (exact) mass is 267 g/mol. The molecule has 0 bridgehead atoms. The van der Waals surface area contributed by atoms with Gasteiger partial charge in [-0.2, -0.15) is 5.10 Å². The van der Waals surface area contributed by atoms with Gasteiger partial charge in [0.25, 0.3) is 5.91 Å². The molecule has 0 fully saturated rings. The van der Waals surface area contributed by atoms with Gasteiger partial charge in [-0.1, -0.05) is 11.6 Å². The Bertz CT molecular complexity index is 590. The Morgan fingerprint density at radius 1 is 1.50 bits per heavy atom. The third kappa shape index (κ3) is 2.36. The fourth-order valence-electron chi connectivity index (χ4n) is 1.62. The highest BCUT2D eigenvalue weighted by Crippen LogP contribution is 2.19. The number of carbonyl (C=O) groups is 1. The van der Waals surface area contributed by atoms with Crippen LogP contribution in [0.3, 0.4) is 0 Å². The molecule has 0 aliphatic rings. The number of nitrogens with zero attached hydrogens (tertiary/aromatic N) is 2. The average Bonchev–Trinajstić information content (AvgIpc) is 2.62. The summed E-state index contributed by atoms with van der Waals surface area (Å²) >= 11 is 5.87. The second-order valence-electron chi connectivity index (χ2n) is 3.88. The summed E-state index contributed by atoms with van der Waals surface area (Å²) in [4.78, 5) is 12.0. The number of rotatable bonds is 2. The van der Waals surface area contributed by atoms with E-state index in [1.54, 1.807) is 14.0 Å². The number of halogens is 2. The van der Waals surface area contributed by atoms with Crippen molar-refractivity contribution in [1.82, 2.24) is 9.78 Å². The van der Waals surface area contributed by atoms with Gasteiger partial charge in [0.05, 0.1) is 11.2 Å². The highest BCUT2D eigenvalue weighted by atomic mass is 35.5. The number of nitrogens with one attached hydrogen (secondary N) is 1. The lowest BCUT2D eigenvalue weighted by molar-refractivity contribution is 0.101. The number of hydrogen-bond donors (Lipinski definition) is 1. The van der Waals surface area contributed by atoms with Crippen LogP contribution < -0.4 is 5.32 Å². The van der Waals surface area contributed by atoms with Gasteiger partial charge in [-0.05, 0) is 30.7 Å². The smallest absolute Gasteiger partial charge is 0.275 e. The number of aromatic nitrogens is 2. The molecule has 1 heterocycles. The first-order valence-corrected chi connectivity index (χ1v) is 5.62. The van der Waals surface area contributed by atoms with Crippen molar-refractivity contribution in [2.24, 2.45) is 7.05 Å². The van der Waals surface area contributed by atoms with Gasteiger partial charge in [-0.25, -0.2) is 4.39 Å². The summed E-state index contributed by atoms with van der Waals surface area (Å²) in [6.07, 6.45) is 1.40. The third-order valence-corrected chi connectivity index (χ3v) is 2.82. The van der Waals surface area contributed by atoms with Crippen LogP contribution in [-0.2, 0) is 7.05 Å². The first-order valence-electron chi connectivity index (χ1n) is 5.24. The van der Waals surface area contributed by atoms with Crippen LogP contribution in [0.5, 0.6) is 0 Å². The van der Waals surface area contributed by atoms with Crippen LogP contribution in [0, 0.1) is 12.7 Å².